The quantitative estimate of drug-likeness (QED) is 0.714. The number of hydrogen-bond donors (Lipinski definition) is 2. The number of aromatic nitrogens is 3. The van der Waals surface area contributed by atoms with Crippen molar-refractivity contribution in [3.63, 3.8) is 0 Å². The highest BCUT2D eigenvalue weighted by molar-refractivity contribution is 9.10. The molecule has 1 aromatic carbocycles. The van der Waals surface area contributed by atoms with E-state index >= 15 is 0 Å². The Kier molecular flexibility index (Phi) is 3.00. The summed E-state index contributed by atoms with van der Waals surface area (Å²) in [5.41, 5.74) is 2.21. The van der Waals surface area contributed by atoms with Gasteiger partial charge in [-0.2, -0.15) is 5.10 Å². The van der Waals surface area contributed by atoms with Gasteiger partial charge in [-0.25, -0.2) is 4.98 Å². The number of benzene rings is 1. The van der Waals surface area contributed by atoms with Crippen LogP contribution in [0.15, 0.2) is 47.3 Å². The van der Waals surface area contributed by atoms with E-state index in [1.807, 2.05) is 18.2 Å². The summed E-state index contributed by atoms with van der Waals surface area (Å²) >= 11 is 3.24. The number of anilines is 1. The van der Waals surface area contributed by atoms with Gasteiger partial charge in [0.15, 0.2) is 0 Å². The molecule has 0 radical (unpaired) electrons. The number of carbonyl (C=O) groups excluding carboxylic acids is 1. The van der Waals surface area contributed by atoms with Crippen LogP contribution in [0.4, 0.5) is 5.69 Å². The van der Waals surface area contributed by atoms with Crippen LogP contribution in [0.2, 0.25) is 0 Å². The van der Waals surface area contributed by atoms with Gasteiger partial charge in [0, 0.05) is 22.8 Å². The van der Waals surface area contributed by atoms with Crippen molar-refractivity contribution in [2.24, 2.45) is 0 Å². The van der Waals surface area contributed by atoms with Crippen LogP contribution < -0.4 is 5.32 Å². The van der Waals surface area contributed by atoms with Gasteiger partial charge < -0.3 is 5.32 Å². The largest absolute Gasteiger partial charge is 0.322 e. The van der Waals surface area contributed by atoms with E-state index in [-0.39, 0.29) is 5.91 Å². The molecule has 19 heavy (non-hydrogen) atoms. The Bertz CT molecular complexity index is 753. The predicted octanol–water partition coefficient (Wildman–Crippen LogP) is 2.97. The molecule has 0 saturated heterocycles. The smallest absolute Gasteiger partial charge is 0.255 e. The van der Waals surface area contributed by atoms with E-state index in [0.29, 0.717) is 10.2 Å². The molecule has 3 rings (SSSR count). The third-order valence-corrected chi connectivity index (χ3v) is 3.12. The maximum Gasteiger partial charge on any atom is 0.255 e. The molecule has 3 aromatic rings. The van der Waals surface area contributed by atoms with Crippen molar-refractivity contribution in [2.45, 2.75) is 0 Å². The highest BCUT2D eigenvalue weighted by Crippen LogP contribution is 2.18. The first-order chi connectivity index (χ1) is 9.22. The fourth-order valence-electron chi connectivity index (χ4n) is 1.77. The van der Waals surface area contributed by atoms with Gasteiger partial charge in [0.25, 0.3) is 5.91 Å². The lowest BCUT2D eigenvalue weighted by molar-refractivity contribution is 0.102. The average molecular weight is 317 g/mol. The Morgan fingerprint density at radius 3 is 3.00 bits per heavy atom. The van der Waals surface area contributed by atoms with Crippen LogP contribution >= 0.6 is 15.9 Å². The number of fused-ring (bicyclic) bond motifs is 1. The predicted molar refractivity (Wildman–Crippen MR) is 76.0 cm³/mol. The number of carbonyl (C=O) groups is 1. The summed E-state index contributed by atoms with van der Waals surface area (Å²) in [6.07, 6.45) is 3.30. The van der Waals surface area contributed by atoms with Crippen molar-refractivity contribution in [3.8, 4) is 0 Å². The summed E-state index contributed by atoms with van der Waals surface area (Å²) in [6, 6.07) is 8.91. The van der Waals surface area contributed by atoms with Crippen molar-refractivity contribution in [2.75, 3.05) is 5.32 Å². The van der Waals surface area contributed by atoms with E-state index in [0.717, 1.165) is 16.6 Å². The summed E-state index contributed by atoms with van der Waals surface area (Å²) in [4.78, 5) is 16.0. The lowest BCUT2D eigenvalue weighted by atomic mass is 10.2. The monoisotopic (exact) mass is 316 g/mol. The van der Waals surface area contributed by atoms with Crippen LogP contribution in [-0.2, 0) is 0 Å². The number of nitrogens with one attached hydrogen (secondary N) is 2. The number of nitrogens with zero attached hydrogens (tertiary/aromatic N) is 2. The number of pyridine rings is 1. The average Bonchev–Trinajstić information content (AvgIpc) is 2.86. The zero-order valence-corrected chi connectivity index (χ0v) is 11.3. The van der Waals surface area contributed by atoms with Crippen LogP contribution in [0.1, 0.15) is 10.4 Å². The van der Waals surface area contributed by atoms with Gasteiger partial charge in [-0.3, -0.25) is 9.89 Å². The molecular weight excluding hydrogens is 308 g/mol. The summed E-state index contributed by atoms with van der Waals surface area (Å²) in [5.74, 6) is -0.175. The lowest BCUT2D eigenvalue weighted by Crippen LogP contribution is -2.11. The summed E-state index contributed by atoms with van der Waals surface area (Å²) in [5, 5.41) is 10.6. The molecule has 0 aliphatic carbocycles. The first kappa shape index (κ1) is 11.9. The highest BCUT2D eigenvalue weighted by atomic mass is 79.9. The molecule has 5 nitrogen and oxygen atoms in total. The number of aromatic amines is 1. The Morgan fingerprint density at radius 2 is 2.16 bits per heavy atom. The Balaban J connectivity index is 1.86. The summed E-state index contributed by atoms with van der Waals surface area (Å²) in [7, 11) is 0. The molecule has 0 unspecified atom stereocenters. The molecule has 94 valence electrons. The fraction of sp³-hybridized carbons (Fsp3) is 0. The molecule has 2 aromatic heterocycles. The second-order valence-electron chi connectivity index (χ2n) is 3.99. The maximum atomic E-state index is 12.1. The van der Waals surface area contributed by atoms with Crippen LogP contribution in [0.3, 0.4) is 0 Å². The first-order valence-corrected chi connectivity index (χ1v) is 6.38. The maximum absolute atomic E-state index is 12.1. The third-order valence-electron chi connectivity index (χ3n) is 2.69. The molecule has 0 fully saturated rings. The molecule has 2 heterocycles. The minimum atomic E-state index is -0.175. The van der Waals surface area contributed by atoms with Crippen molar-refractivity contribution in [1.29, 1.82) is 0 Å². The van der Waals surface area contributed by atoms with Gasteiger partial charge in [0.2, 0.25) is 0 Å². The van der Waals surface area contributed by atoms with Gasteiger partial charge in [-0.05, 0) is 46.3 Å². The minimum absolute atomic E-state index is 0.175. The molecule has 1 amide bonds. The number of amides is 1. The summed E-state index contributed by atoms with van der Waals surface area (Å²) < 4.78 is 0.630. The Morgan fingerprint density at radius 1 is 1.26 bits per heavy atom. The highest BCUT2D eigenvalue weighted by Gasteiger charge is 2.07. The van der Waals surface area contributed by atoms with Gasteiger partial charge in [-0.1, -0.05) is 0 Å². The second-order valence-corrected chi connectivity index (χ2v) is 4.81. The van der Waals surface area contributed by atoms with E-state index in [9.17, 15) is 4.79 Å². The van der Waals surface area contributed by atoms with Gasteiger partial charge in [0.1, 0.15) is 4.60 Å². The lowest BCUT2D eigenvalue weighted by Gasteiger charge is -2.05. The molecule has 0 aliphatic heterocycles. The molecule has 0 atom stereocenters. The Labute approximate surface area is 117 Å². The normalized spacial score (nSPS) is 10.6. The van der Waals surface area contributed by atoms with E-state index < -0.39 is 0 Å². The van der Waals surface area contributed by atoms with Gasteiger partial charge in [-0.15, -0.1) is 0 Å². The zero-order valence-electron chi connectivity index (χ0n) is 9.72. The number of halogens is 1. The summed E-state index contributed by atoms with van der Waals surface area (Å²) in [6.45, 7) is 0. The van der Waals surface area contributed by atoms with Crippen molar-refractivity contribution in [3.05, 3.63) is 52.9 Å². The number of hydrogen-bond acceptors (Lipinski definition) is 3. The van der Waals surface area contributed by atoms with E-state index in [1.54, 1.807) is 24.5 Å². The van der Waals surface area contributed by atoms with Gasteiger partial charge >= 0.3 is 0 Å². The topological polar surface area (TPSA) is 70.7 Å². The number of H-pyrrole nitrogens is 1. The molecular formula is C13H9BrN4O. The standard InChI is InChI=1S/C13H9BrN4O/c14-12-6-8(3-4-15-12)13(19)17-10-1-2-11-9(5-10)7-16-18-11/h1-7H,(H,16,18)(H,17,19). The number of rotatable bonds is 2. The Hall–Kier alpha value is -2.21. The van der Waals surface area contributed by atoms with Crippen molar-refractivity contribution >= 4 is 38.4 Å². The molecule has 0 saturated carbocycles. The van der Waals surface area contributed by atoms with Crippen LogP contribution in [0.5, 0.6) is 0 Å². The minimum Gasteiger partial charge on any atom is -0.322 e. The van der Waals surface area contributed by atoms with Crippen LogP contribution in [-0.4, -0.2) is 21.1 Å². The second kappa shape index (κ2) is 4.81. The molecule has 0 bridgehead atoms. The van der Waals surface area contributed by atoms with Crippen LogP contribution in [0, 0.1) is 0 Å². The van der Waals surface area contributed by atoms with Gasteiger partial charge in [0.05, 0.1) is 11.7 Å². The van der Waals surface area contributed by atoms with E-state index in [2.05, 4.69) is 36.4 Å². The SMILES string of the molecule is O=C(Nc1ccc2[nH]ncc2c1)c1ccnc(Br)c1. The van der Waals surface area contributed by atoms with Crippen LogP contribution in [0.25, 0.3) is 10.9 Å². The molecule has 6 heteroatoms. The zero-order chi connectivity index (χ0) is 13.2. The third kappa shape index (κ3) is 2.48. The van der Waals surface area contributed by atoms with E-state index in [4.69, 9.17) is 0 Å². The van der Waals surface area contributed by atoms with E-state index in [1.165, 1.54) is 0 Å². The molecule has 0 aliphatic rings. The molecule has 2 N–H and O–H groups in total. The molecule has 0 spiro atoms. The fourth-order valence-corrected chi connectivity index (χ4v) is 2.13. The van der Waals surface area contributed by atoms with Crippen molar-refractivity contribution in [1.82, 2.24) is 15.2 Å². The first-order valence-electron chi connectivity index (χ1n) is 5.58. The van der Waals surface area contributed by atoms with Crippen molar-refractivity contribution < 1.29 is 4.79 Å².